The minimum atomic E-state index is -0.831. The van der Waals surface area contributed by atoms with Crippen LogP contribution in [-0.4, -0.2) is 30.6 Å². The van der Waals surface area contributed by atoms with E-state index in [9.17, 15) is 9.18 Å². The van der Waals surface area contributed by atoms with E-state index < -0.39 is 6.17 Å². The van der Waals surface area contributed by atoms with Crippen LogP contribution in [0, 0.1) is 5.92 Å². The molecule has 1 rings (SSSR count). The first-order valence-corrected chi connectivity index (χ1v) is 3.49. The highest BCUT2D eigenvalue weighted by Crippen LogP contribution is 2.19. The van der Waals surface area contributed by atoms with Gasteiger partial charge in [0.25, 0.3) is 0 Å². The van der Waals surface area contributed by atoms with Crippen molar-refractivity contribution in [3.63, 3.8) is 0 Å². The number of nitrogens with zero attached hydrogens (tertiary/aromatic N) is 1. The van der Waals surface area contributed by atoms with Crippen molar-refractivity contribution in [2.45, 2.75) is 19.5 Å². The number of alkyl halides is 1. The van der Waals surface area contributed by atoms with Crippen LogP contribution in [0.25, 0.3) is 0 Å². The minimum Gasteiger partial charge on any atom is -0.343 e. The van der Waals surface area contributed by atoms with Crippen molar-refractivity contribution in [1.29, 1.82) is 0 Å². The molecule has 1 amide bonds. The zero-order valence-electron chi connectivity index (χ0n) is 6.30. The fourth-order valence-corrected chi connectivity index (χ4v) is 1.10. The lowest BCUT2D eigenvalue weighted by Gasteiger charge is -2.29. The van der Waals surface area contributed by atoms with Crippen LogP contribution in [0.4, 0.5) is 4.39 Å². The van der Waals surface area contributed by atoms with Gasteiger partial charge in [0.1, 0.15) is 6.17 Å². The van der Waals surface area contributed by atoms with Gasteiger partial charge in [0, 0.05) is 13.5 Å². The quantitative estimate of drug-likeness (QED) is 0.494. The highest BCUT2D eigenvalue weighted by Gasteiger charge is 2.28. The number of hydrogen-bond donors (Lipinski definition) is 0. The Morgan fingerprint density at radius 1 is 1.70 bits per heavy atom. The van der Waals surface area contributed by atoms with E-state index in [1.54, 1.807) is 14.0 Å². The lowest BCUT2D eigenvalue weighted by Crippen LogP contribution is -2.42. The molecule has 1 heterocycles. The number of rotatable bonds is 0. The van der Waals surface area contributed by atoms with E-state index in [4.69, 9.17) is 0 Å². The van der Waals surface area contributed by atoms with Gasteiger partial charge in [-0.1, -0.05) is 6.92 Å². The average Bonchev–Trinajstić information content (AvgIpc) is 1.84. The summed E-state index contributed by atoms with van der Waals surface area (Å²) < 4.78 is 12.8. The number of likely N-dealkylation sites (tertiary alicyclic amines) is 1. The molecule has 0 N–H and O–H groups in total. The van der Waals surface area contributed by atoms with Crippen molar-refractivity contribution in [2.75, 3.05) is 13.6 Å². The molecule has 0 spiro atoms. The molecule has 10 heavy (non-hydrogen) atoms. The fourth-order valence-electron chi connectivity index (χ4n) is 1.10. The van der Waals surface area contributed by atoms with Gasteiger partial charge in [0.15, 0.2) is 0 Å². The van der Waals surface area contributed by atoms with E-state index in [0.29, 0.717) is 6.42 Å². The van der Waals surface area contributed by atoms with Crippen molar-refractivity contribution in [3.05, 3.63) is 0 Å². The van der Waals surface area contributed by atoms with Crippen LogP contribution in [0.1, 0.15) is 13.3 Å². The van der Waals surface area contributed by atoms with Crippen LogP contribution >= 0.6 is 0 Å². The summed E-state index contributed by atoms with van der Waals surface area (Å²) in [6.45, 7) is 2.04. The Labute approximate surface area is 60.0 Å². The Bertz CT molecular complexity index is 149. The minimum absolute atomic E-state index is 0.0569. The number of carbonyl (C=O) groups excluding carboxylic acids is 1. The molecule has 0 aromatic rings. The summed E-state index contributed by atoms with van der Waals surface area (Å²) >= 11 is 0. The predicted molar refractivity (Wildman–Crippen MR) is 36.3 cm³/mol. The molecule has 0 radical (unpaired) electrons. The third-order valence-electron chi connectivity index (χ3n) is 1.99. The number of amides is 1. The maximum atomic E-state index is 12.8. The number of piperidine rings is 1. The summed E-state index contributed by atoms with van der Waals surface area (Å²) in [5, 5.41) is 0. The molecule has 1 saturated heterocycles. The van der Waals surface area contributed by atoms with Crippen LogP contribution in [0.3, 0.4) is 0 Å². The molecular formula is C7H12FNO. The maximum absolute atomic E-state index is 12.8. The average molecular weight is 145 g/mol. The molecule has 1 fully saturated rings. The smallest absolute Gasteiger partial charge is 0.222 e. The van der Waals surface area contributed by atoms with Crippen molar-refractivity contribution < 1.29 is 9.18 Å². The number of halogens is 1. The fraction of sp³-hybridized carbons (Fsp3) is 0.857. The number of carbonyl (C=O) groups is 1. The number of hydrogen-bond acceptors (Lipinski definition) is 1. The molecule has 0 aromatic heterocycles. The first-order chi connectivity index (χ1) is 4.61. The Balaban J connectivity index is 2.54. The van der Waals surface area contributed by atoms with E-state index in [0.717, 1.165) is 0 Å². The molecule has 0 aromatic carbocycles. The summed E-state index contributed by atoms with van der Waals surface area (Å²) in [6, 6.07) is 0. The molecular weight excluding hydrogens is 133 g/mol. The molecule has 1 aliphatic rings. The van der Waals surface area contributed by atoms with Crippen molar-refractivity contribution in [1.82, 2.24) is 4.90 Å². The highest BCUT2D eigenvalue weighted by molar-refractivity contribution is 5.77. The molecule has 58 valence electrons. The van der Waals surface area contributed by atoms with Crippen molar-refractivity contribution in [3.8, 4) is 0 Å². The molecule has 2 atom stereocenters. The van der Waals surface area contributed by atoms with Gasteiger partial charge < -0.3 is 4.90 Å². The third-order valence-corrected chi connectivity index (χ3v) is 1.99. The Morgan fingerprint density at radius 2 is 2.30 bits per heavy atom. The van der Waals surface area contributed by atoms with Gasteiger partial charge >= 0.3 is 0 Å². The standard InChI is InChI=1S/C7H12FNO/c1-5-3-7(10)9(2)4-6(5)8/h5-6H,3-4H2,1-2H3/t5-,6+/m1/s1. The first-order valence-electron chi connectivity index (χ1n) is 3.49. The zero-order valence-corrected chi connectivity index (χ0v) is 6.30. The van der Waals surface area contributed by atoms with Gasteiger partial charge in [-0.3, -0.25) is 4.79 Å². The van der Waals surface area contributed by atoms with Gasteiger partial charge in [0.05, 0.1) is 6.54 Å². The van der Waals surface area contributed by atoms with E-state index in [1.807, 2.05) is 0 Å². The lowest BCUT2D eigenvalue weighted by atomic mass is 9.97. The van der Waals surface area contributed by atoms with Crippen LogP contribution < -0.4 is 0 Å². The molecule has 1 aliphatic heterocycles. The van der Waals surface area contributed by atoms with Crippen LogP contribution in [0.5, 0.6) is 0 Å². The third kappa shape index (κ3) is 1.28. The van der Waals surface area contributed by atoms with E-state index in [1.165, 1.54) is 4.90 Å². The summed E-state index contributed by atoms with van der Waals surface area (Å²) in [5.74, 6) is -0.0369. The second-order valence-electron chi connectivity index (χ2n) is 2.97. The highest BCUT2D eigenvalue weighted by atomic mass is 19.1. The summed E-state index contributed by atoms with van der Waals surface area (Å²) in [7, 11) is 1.64. The second kappa shape index (κ2) is 2.56. The Morgan fingerprint density at radius 3 is 2.80 bits per heavy atom. The van der Waals surface area contributed by atoms with Gasteiger partial charge in [-0.15, -0.1) is 0 Å². The first kappa shape index (κ1) is 7.51. The van der Waals surface area contributed by atoms with E-state index in [-0.39, 0.29) is 18.4 Å². The summed E-state index contributed by atoms with van der Waals surface area (Å²) in [6.07, 6.45) is -0.472. The van der Waals surface area contributed by atoms with E-state index in [2.05, 4.69) is 0 Å². The van der Waals surface area contributed by atoms with Crippen molar-refractivity contribution in [2.24, 2.45) is 5.92 Å². The van der Waals surface area contributed by atoms with Crippen molar-refractivity contribution >= 4 is 5.91 Å². The van der Waals surface area contributed by atoms with Gasteiger partial charge in [0.2, 0.25) is 5.91 Å². The van der Waals surface area contributed by atoms with Crippen LogP contribution in [0.2, 0.25) is 0 Å². The van der Waals surface area contributed by atoms with E-state index >= 15 is 0 Å². The second-order valence-corrected chi connectivity index (χ2v) is 2.97. The maximum Gasteiger partial charge on any atom is 0.222 e. The van der Waals surface area contributed by atoms with Crippen LogP contribution in [0.15, 0.2) is 0 Å². The Kier molecular flexibility index (Phi) is 1.92. The van der Waals surface area contributed by atoms with Crippen LogP contribution in [-0.2, 0) is 4.79 Å². The zero-order chi connectivity index (χ0) is 7.72. The van der Waals surface area contributed by atoms with Gasteiger partial charge in [-0.25, -0.2) is 4.39 Å². The lowest BCUT2D eigenvalue weighted by molar-refractivity contribution is -0.135. The summed E-state index contributed by atoms with van der Waals surface area (Å²) in [5.41, 5.74) is 0. The van der Waals surface area contributed by atoms with Gasteiger partial charge in [-0.05, 0) is 5.92 Å². The predicted octanol–water partition coefficient (Wildman–Crippen LogP) is 0.823. The molecule has 0 bridgehead atoms. The Hall–Kier alpha value is -0.600. The molecule has 0 unspecified atom stereocenters. The topological polar surface area (TPSA) is 20.3 Å². The summed E-state index contributed by atoms with van der Waals surface area (Å²) in [4.78, 5) is 12.4. The molecule has 3 heteroatoms. The molecule has 0 saturated carbocycles. The van der Waals surface area contributed by atoms with Gasteiger partial charge in [-0.2, -0.15) is 0 Å². The molecule has 0 aliphatic carbocycles. The normalized spacial score (nSPS) is 34.7. The largest absolute Gasteiger partial charge is 0.343 e. The SMILES string of the molecule is C[C@@H]1CC(=O)N(C)C[C@@H]1F. The molecule has 2 nitrogen and oxygen atoms in total. The monoisotopic (exact) mass is 145 g/mol.